The van der Waals surface area contributed by atoms with Gasteiger partial charge in [-0.3, -0.25) is 0 Å². The van der Waals surface area contributed by atoms with E-state index in [2.05, 4.69) is 15.3 Å². The van der Waals surface area contributed by atoms with Crippen molar-refractivity contribution in [2.45, 2.75) is 6.92 Å². The lowest BCUT2D eigenvalue weighted by Gasteiger charge is -2.09. The Morgan fingerprint density at radius 2 is 1.95 bits per heavy atom. The SMILES string of the molecule is COc1cc(C)nc(NCCOc2ccc(N)cc2)n1. The molecule has 0 unspecified atom stereocenters. The summed E-state index contributed by atoms with van der Waals surface area (Å²) >= 11 is 0. The van der Waals surface area contributed by atoms with Crippen LogP contribution in [0.4, 0.5) is 11.6 Å². The molecule has 0 spiro atoms. The van der Waals surface area contributed by atoms with Crippen molar-refractivity contribution in [1.82, 2.24) is 9.97 Å². The molecule has 3 N–H and O–H groups in total. The summed E-state index contributed by atoms with van der Waals surface area (Å²) in [5.74, 6) is 1.85. The highest BCUT2D eigenvalue weighted by atomic mass is 16.5. The largest absolute Gasteiger partial charge is 0.492 e. The summed E-state index contributed by atoms with van der Waals surface area (Å²) in [6.07, 6.45) is 0. The Hall–Kier alpha value is -2.50. The molecular weight excluding hydrogens is 256 g/mol. The molecule has 1 aromatic carbocycles. The van der Waals surface area contributed by atoms with Gasteiger partial charge in [0.15, 0.2) is 0 Å². The molecule has 6 nitrogen and oxygen atoms in total. The molecule has 20 heavy (non-hydrogen) atoms. The molecular formula is C14H18N4O2. The van der Waals surface area contributed by atoms with Crippen molar-refractivity contribution in [3.05, 3.63) is 36.0 Å². The van der Waals surface area contributed by atoms with E-state index < -0.39 is 0 Å². The predicted molar refractivity (Wildman–Crippen MR) is 78.2 cm³/mol. The molecule has 1 heterocycles. The third-order valence-electron chi connectivity index (χ3n) is 2.57. The van der Waals surface area contributed by atoms with E-state index in [4.69, 9.17) is 15.2 Å². The fourth-order valence-corrected chi connectivity index (χ4v) is 1.62. The number of benzene rings is 1. The number of nitrogens with one attached hydrogen (secondary N) is 1. The van der Waals surface area contributed by atoms with Crippen LogP contribution in [0, 0.1) is 6.92 Å². The van der Waals surface area contributed by atoms with Crippen LogP contribution in [0.15, 0.2) is 30.3 Å². The van der Waals surface area contributed by atoms with Crippen molar-refractivity contribution < 1.29 is 9.47 Å². The molecule has 0 atom stereocenters. The second kappa shape index (κ2) is 6.60. The Morgan fingerprint density at radius 1 is 1.20 bits per heavy atom. The van der Waals surface area contributed by atoms with Crippen molar-refractivity contribution in [3.63, 3.8) is 0 Å². The van der Waals surface area contributed by atoms with Gasteiger partial charge in [-0.15, -0.1) is 0 Å². The third kappa shape index (κ3) is 4.01. The van der Waals surface area contributed by atoms with Crippen LogP contribution < -0.4 is 20.5 Å². The molecule has 0 aliphatic heterocycles. The lowest BCUT2D eigenvalue weighted by molar-refractivity contribution is 0.332. The molecule has 0 fully saturated rings. The molecule has 0 saturated carbocycles. The summed E-state index contributed by atoms with van der Waals surface area (Å²) in [7, 11) is 1.58. The third-order valence-corrected chi connectivity index (χ3v) is 2.57. The zero-order valence-electron chi connectivity index (χ0n) is 11.6. The number of methoxy groups -OCH3 is 1. The first kappa shape index (κ1) is 13.9. The second-order valence-electron chi connectivity index (χ2n) is 4.22. The van der Waals surface area contributed by atoms with Gasteiger partial charge in [0.2, 0.25) is 11.8 Å². The van der Waals surface area contributed by atoms with Gasteiger partial charge in [0, 0.05) is 17.4 Å². The molecule has 0 radical (unpaired) electrons. The zero-order chi connectivity index (χ0) is 14.4. The van der Waals surface area contributed by atoms with Gasteiger partial charge in [-0.05, 0) is 31.2 Å². The molecule has 0 amide bonds. The lowest BCUT2D eigenvalue weighted by Crippen LogP contribution is -2.13. The van der Waals surface area contributed by atoms with Crippen LogP contribution in [0.1, 0.15) is 5.69 Å². The van der Waals surface area contributed by atoms with E-state index >= 15 is 0 Å². The molecule has 2 rings (SSSR count). The smallest absolute Gasteiger partial charge is 0.226 e. The van der Waals surface area contributed by atoms with Gasteiger partial charge in [0.25, 0.3) is 0 Å². The van der Waals surface area contributed by atoms with Gasteiger partial charge in [-0.2, -0.15) is 4.98 Å². The topological polar surface area (TPSA) is 82.3 Å². The van der Waals surface area contributed by atoms with Gasteiger partial charge in [-0.25, -0.2) is 4.98 Å². The Balaban J connectivity index is 1.81. The fraction of sp³-hybridized carbons (Fsp3) is 0.286. The van der Waals surface area contributed by atoms with Gasteiger partial charge in [0.1, 0.15) is 12.4 Å². The predicted octanol–water partition coefficient (Wildman–Crippen LogP) is 1.87. The minimum atomic E-state index is 0.504. The Labute approximate surface area is 118 Å². The minimum absolute atomic E-state index is 0.504. The Kier molecular flexibility index (Phi) is 4.60. The van der Waals surface area contributed by atoms with Crippen LogP contribution in [0.25, 0.3) is 0 Å². The first-order valence-corrected chi connectivity index (χ1v) is 6.29. The summed E-state index contributed by atoms with van der Waals surface area (Å²) in [5.41, 5.74) is 7.17. The highest BCUT2D eigenvalue weighted by molar-refractivity contribution is 5.41. The quantitative estimate of drug-likeness (QED) is 0.618. The number of hydrogen-bond donors (Lipinski definition) is 2. The normalized spacial score (nSPS) is 10.1. The van der Waals surface area contributed by atoms with E-state index in [1.807, 2.05) is 19.1 Å². The number of anilines is 2. The molecule has 1 aromatic heterocycles. The Morgan fingerprint density at radius 3 is 2.65 bits per heavy atom. The first-order valence-electron chi connectivity index (χ1n) is 6.29. The van der Waals surface area contributed by atoms with Crippen molar-refractivity contribution in [2.75, 3.05) is 31.3 Å². The summed E-state index contributed by atoms with van der Waals surface area (Å²) < 4.78 is 10.7. The van der Waals surface area contributed by atoms with Crippen LogP contribution in [-0.2, 0) is 0 Å². The highest BCUT2D eigenvalue weighted by Gasteiger charge is 2.01. The molecule has 0 aliphatic carbocycles. The van der Waals surface area contributed by atoms with Crippen molar-refractivity contribution in [2.24, 2.45) is 0 Å². The number of aromatic nitrogens is 2. The van der Waals surface area contributed by atoms with Crippen LogP contribution in [0.5, 0.6) is 11.6 Å². The van der Waals surface area contributed by atoms with E-state index in [0.717, 1.165) is 17.1 Å². The molecule has 0 saturated heterocycles. The average Bonchev–Trinajstić information content (AvgIpc) is 2.45. The second-order valence-corrected chi connectivity index (χ2v) is 4.22. The summed E-state index contributed by atoms with van der Waals surface area (Å²) in [5, 5.41) is 3.09. The lowest BCUT2D eigenvalue weighted by atomic mass is 10.3. The van der Waals surface area contributed by atoms with Crippen LogP contribution in [0.3, 0.4) is 0 Å². The monoisotopic (exact) mass is 274 g/mol. The standard InChI is InChI=1S/C14H18N4O2/c1-10-9-13(19-2)18-14(17-10)16-7-8-20-12-5-3-11(15)4-6-12/h3-6,9H,7-8,15H2,1-2H3,(H,16,17,18). The summed E-state index contributed by atoms with van der Waals surface area (Å²) in [6, 6.07) is 9.05. The van der Waals surface area contributed by atoms with Gasteiger partial charge >= 0.3 is 0 Å². The number of hydrogen-bond acceptors (Lipinski definition) is 6. The van der Waals surface area contributed by atoms with Crippen LogP contribution in [-0.4, -0.2) is 30.2 Å². The van der Waals surface area contributed by atoms with E-state index in [-0.39, 0.29) is 0 Å². The van der Waals surface area contributed by atoms with E-state index in [0.29, 0.717) is 25.0 Å². The number of rotatable bonds is 6. The van der Waals surface area contributed by atoms with E-state index in [9.17, 15) is 0 Å². The molecule has 0 aliphatic rings. The maximum absolute atomic E-state index is 5.60. The zero-order valence-corrected chi connectivity index (χ0v) is 11.6. The Bertz CT molecular complexity index is 558. The molecule has 2 aromatic rings. The molecule has 0 bridgehead atoms. The van der Waals surface area contributed by atoms with Crippen LogP contribution in [0.2, 0.25) is 0 Å². The van der Waals surface area contributed by atoms with Crippen molar-refractivity contribution in [3.8, 4) is 11.6 Å². The maximum atomic E-state index is 5.60. The summed E-state index contributed by atoms with van der Waals surface area (Å²) in [4.78, 5) is 8.46. The van der Waals surface area contributed by atoms with E-state index in [1.54, 1.807) is 25.3 Å². The number of aryl methyl sites for hydroxylation is 1. The molecule has 6 heteroatoms. The maximum Gasteiger partial charge on any atom is 0.226 e. The number of nitrogens with two attached hydrogens (primary N) is 1. The number of nitrogen functional groups attached to an aromatic ring is 1. The highest BCUT2D eigenvalue weighted by Crippen LogP contribution is 2.13. The van der Waals surface area contributed by atoms with Crippen molar-refractivity contribution in [1.29, 1.82) is 0 Å². The number of ether oxygens (including phenoxy) is 2. The van der Waals surface area contributed by atoms with Gasteiger partial charge in [0.05, 0.1) is 13.7 Å². The van der Waals surface area contributed by atoms with Crippen LogP contribution >= 0.6 is 0 Å². The summed E-state index contributed by atoms with van der Waals surface area (Å²) in [6.45, 7) is 2.99. The number of nitrogens with zero attached hydrogens (tertiary/aromatic N) is 2. The molecule has 106 valence electrons. The average molecular weight is 274 g/mol. The van der Waals surface area contributed by atoms with Gasteiger partial charge in [-0.1, -0.05) is 0 Å². The fourth-order valence-electron chi connectivity index (χ4n) is 1.62. The van der Waals surface area contributed by atoms with E-state index in [1.165, 1.54) is 0 Å². The van der Waals surface area contributed by atoms with Gasteiger partial charge < -0.3 is 20.5 Å². The minimum Gasteiger partial charge on any atom is -0.492 e. The van der Waals surface area contributed by atoms with Crippen molar-refractivity contribution >= 4 is 11.6 Å². The first-order chi connectivity index (χ1) is 9.67.